The average Bonchev–Trinajstić information content (AvgIpc) is 3.32. The number of rotatable bonds is 14. The first-order chi connectivity index (χ1) is 21.0. The molecule has 1 aromatic carbocycles. The molecule has 2 unspecified atom stereocenters. The molecule has 2 atom stereocenters. The Bertz CT molecular complexity index is 1310. The van der Waals surface area contributed by atoms with Gasteiger partial charge in [0, 0.05) is 37.9 Å². The van der Waals surface area contributed by atoms with E-state index < -0.39 is 39.6 Å². The number of thiol groups is 1. The number of carbonyl (C=O) groups excluding carboxylic acids is 4. The number of hydrogen-bond donors (Lipinski definition) is 4. The minimum Gasteiger partial charge on any atom is -0.747 e. The maximum atomic E-state index is 12.4. The van der Waals surface area contributed by atoms with Crippen molar-refractivity contribution in [2.75, 3.05) is 20.1 Å². The third-order valence-electron chi connectivity index (χ3n) is 5.66. The summed E-state index contributed by atoms with van der Waals surface area (Å²) in [5.74, 6) is -3.52. The third-order valence-corrected chi connectivity index (χ3v) is 9.78. The van der Waals surface area contributed by atoms with Crippen LogP contribution in [0.4, 0.5) is 0 Å². The van der Waals surface area contributed by atoms with Gasteiger partial charge in [-0.3, -0.25) is 19.1 Å². The van der Waals surface area contributed by atoms with Gasteiger partial charge in [-0.15, -0.1) is 5.06 Å². The summed E-state index contributed by atoms with van der Waals surface area (Å²) >= 11 is 3.67. The number of aromatic nitrogens is 1. The van der Waals surface area contributed by atoms with Crippen LogP contribution in [0.15, 0.2) is 53.7 Å². The number of unbranched alkanes of at least 4 members (excludes halogenated alkanes) is 2. The van der Waals surface area contributed by atoms with Gasteiger partial charge >= 0.3 is 35.5 Å². The monoisotopic (exact) mass is 713 g/mol. The van der Waals surface area contributed by atoms with Crippen LogP contribution < -0.4 is 45.3 Å². The second kappa shape index (κ2) is 23.6. The Morgan fingerprint density at radius 2 is 1.82 bits per heavy atom. The molecule has 0 bridgehead atoms. The van der Waals surface area contributed by atoms with Crippen molar-refractivity contribution in [1.29, 1.82) is 0 Å². The van der Waals surface area contributed by atoms with Gasteiger partial charge in [0.1, 0.15) is 20.4 Å². The Morgan fingerprint density at radius 3 is 2.36 bits per heavy atom. The number of imide groups is 1. The number of pyridine rings is 1. The molecule has 246 valence electrons. The standard InChI is InChI=1S/C24H27N3O8S3.C2H7NS.CH5N.Na.H2/c1-16(36-37-20-7-4-6-13-25-20)17-9-11-18(12-10-17)23(30)26-14-5-2-3-8-22(29)35-27-21(28)15-19(24(27)31)38(32,33)34;1-2-3-4;1-2;;/h4,6-7,9-13,16,19H,2-3,5,8,14-15H2,1H3,(H,26,30)(H,32,33,34);3-4H,2H2,1H3;2H2,1H3;;1H/q;;;+1;/p-1. The molecule has 2 aromatic rings. The fourth-order valence-electron chi connectivity index (χ4n) is 3.41. The molecule has 2 heterocycles. The van der Waals surface area contributed by atoms with E-state index in [0.29, 0.717) is 31.4 Å². The van der Waals surface area contributed by atoms with Crippen LogP contribution >= 0.6 is 34.4 Å². The summed E-state index contributed by atoms with van der Waals surface area (Å²) in [6.07, 6.45) is 2.26. The molecule has 0 saturated carbocycles. The van der Waals surface area contributed by atoms with Crippen LogP contribution in [0.25, 0.3) is 0 Å². The Labute approximate surface area is 301 Å². The Kier molecular flexibility index (Phi) is 22.7. The largest absolute Gasteiger partial charge is 1.00 e. The fraction of sp³-hybridized carbons (Fsp3) is 0.444. The molecule has 3 rings (SSSR count). The minimum absolute atomic E-state index is 0. The Balaban J connectivity index is 0. The normalized spacial score (nSPS) is 14.6. The summed E-state index contributed by atoms with van der Waals surface area (Å²) in [5.41, 5.74) is 6.12. The molecule has 1 aliphatic heterocycles. The van der Waals surface area contributed by atoms with Crippen LogP contribution in [0.5, 0.6) is 0 Å². The molecule has 0 spiro atoms. The van der Waals surface area contributed by atoms with Crippen LogP contribution in [-0.2, 0) is 29.3 Å². The zero-order valence-corrected chi connectivity index (χ0v) is 31.0. The smallest absolute Gasteiger partial charge is 0.747 e. The van der Waals surface area contributed by atoms with Crippen molar-refractivity contribution < 1.29 is 68.0 Å². The number of nitrogens with one attached hydrogen (secondary N) is 2. The topological polar surface area (TPSA) is 201 Å². The molecule has 1 aliphatic rings. The van der Waals surface area contributed by atoms with Gasteiger partial charge in [-0.1, -0.05) is 55.2 Å². The molecule has 13 nitrogen and oxygen atoms in total. The van der Waals surface area contributed by atoms with Gasteiger partial charge in [0.15, 0.2) is 0 Å². The predicted molar refractivity (Wildman–Crippen MR) is 174 cm³/mol. The quantitative estimate of drug-likeness (QED) is 0.0520. The van der Waals surface area contributed by atoms with Crippen molar-refractivity contribution in [2.45, 2.75) is 61.5 Å². The van der Waals surface area contributed by atoms with Crippen LogP contribution in [0.1, 0.15) is 68.5 Å². The van der Waals surface area contributed by atoms with Crippen molar-refractivity contribution >= 4 is 68.2 Å². The van der Waals surface area contributed by atoms with E-state index in [4.69, 9.17) is 0 Å². The van der Waals surface area contributed by atoms with Gasteiger partial charge in [0.25, 0.3) is 17.7 Å². The molecule has 1 fully saturated rings. The predicted octanol–water partition coefficient (Wildman–Crippen LogP) is 0.270. The first-order valence-corrected chi connectivity index (χ1v) is 17.7. The second-order valence-corrected chi connectivity index (χ2v) is 13.3. The number of carbonyl (C=O) groups is 4. The first-order valence-electron chi connectivity index (χ1n) is 13.6. The van der Waals surface area contributed by atoms with E-state index in [9.17, 15) is 32.1 Å². The van der Waals surface area contributed by atoms with Crippen molar-refractivity contribution in [3.63, 3.8) is 0 Å². The molecule has 3 amide bonds. The van der Waals surface area contributed by atoms with Gasteiger partial charge in [-0.05, 0) is 67.4 Å². The van der Waals surface area contributed by atoms with Gasteiger partial charge in [-0.2, -0.15) is 0 Å². The van der Waals surface area contributed by atoms with E-state index in [0.717, 1.165) is 17.1 Å². The summed E-state index contributed by atoms with van der Waals surface area (Å²) < 4.78 is 35.7. The number of amides is 3. The molecule has 45 heavy (non-hydrogen) atoms. The Hall–Kier alpha value is -1.67. The summed E-state index contributed by atoms with van der Waals surface area (Å²) in [6, 6.07) is 13.1. The van der Waals surface area contributed by atoms with E-state index in [1.54, 1.807) is 39.9 Å². The van der Waals surface area contributed by atoms with Crippen LogP contribution in [-0.4, -0.2) is 72.1 Å². The van der Waals surface area contributed by atoms with E-state index in [-0.39, 0.29) is 53.6 Å². The number of benzene rings is 1. The first kappa shape index (κ1) is 43.3. The van der Waals surface area contributed by atoms with E-state index in [2.05, 4.69) is 45.3 Å². The molecule has 1 aromatic heterocycles. The second-order valence-electron chi connectivity index (χ2n) is 8.87. The van der Waals surface area contributed by atoms with Crippen LogP contribution in [0.3, 0.4) is 0 Å². The van der Waals surface area contributed by atoms with Gasteiger partial charge < -0.3 is 20.4 Å². The van der Waals surface area contributed by atoms with E-state index in [1.165, 1.54) is 7.05 Å². The van der Waals surface area contributed by atoms with Gasteiger partial charge in [0.2, 0.25) is 0 Å². The summed E-state index contributed by atoms with van der Waals surface area (Å²) in [4.78, 5) is 56.7. The summed E-state index contributed by atoms with van der Waals surface area (Å²) in [6.45, 7) is 5.39. The minimum atomic E-state index is -5.02. The summed E-state index contributed by atoms with van der Waals surface area (Å²) in [5, 5.41) is 1.93. The molecular weight excluding hydrogens is 674 g/mol. The number of hydroxylamine groups is 2. The van der Waals surface area contributed by atoms with Crippen LogP contribution in [0, 0.1) is 0 Å². The Morgan fingerprint density at radius 1 is 1.18 bits per heavy atom. The van der Waals surface area contributed by atoms with Crippen molar-refractivity contribution in [2.24, 2.45) is 5.73 Å². The molecule has 0 aliphatic carbocycles. The van der Waals surface area contributed by atoms with Crippen molar-refractivity contribution in [3.05, 3.63) is 59.8 Å². The average molecular weight is 714 g/mol. The molecule has 0 radical (unpaired) electrons. The number of hydrogen-bond acceptors (Lipinski definition) is 14. The molecular formula is C27H40N5NaO8S4. The zero-order chi connectivity index (χ0) is 33.1. The van der Waals surface area contributed by atoms with Crippen molar-refractivity contribution in [3.8, 4) is 0 Å². The molecule has 18 heteroatoms. The maximum Gasteiger partial charge on any atom is 1.00 e. The van der Waals surface area contributed by atoms with Crippen molar-refractivity contribution in [1.82, 2.24) is 20.1 Å². The summed E-state index contributed by atoms with van der Waals surface area (Å²) in [7, 11) is -0.246. The number of nitrogens with two attached hydrogens (primary N) is 1. The van der Waals surface area contributed by atoms with Gasteiger partial charge in [0.05, 0.1) is 6.42 Å². The maximum absolute atomic E-state index is 12.4. The fourth-order valence-corrected chi connectivity index (χ4v) is 6.20. The molecule has 4 N–H and O–H groups in total. The third kappa shape index (κ3) is 16.1. The SMILES string of the molecule is CC(SSc1ccccn1)c1ccc(C(=O)NCCCCCC(=O)ON2C(=O)CC(S(=O)(=O)[O-])C2=O)cc1.CCNS.CN.[HH].[Na+]. The van der Waals surface area contributed by atoms with Crippen LogP contribution in [0.2, 0.25) is 0 Å². The zero-order valence-electron chi connectivity index (χ0n) is 25.6. The van der Waals surface area contributed by atoms with E-state index in [1.807, 2.05) is 37.3 Å². The molecule has 1 saturated heterocycles. The number of nitrogens with zero attached hydrogens (tertiary/aromatic N) is 2. The van der Waals surface area contributed by atoms with Gasteiger partial charge in [-0.25, -0.2) is 18.2 Å². The van der Waals surface area contributed by atoms with E-state index >= 15 is 0 Å².